The highest BCUT2D eigenvalue weighted by Crippen LogP contribution is 2.37. The predicted octanol–water partition coefficient (Wildman–Crippen LogP) is 2.25. The van der Waals surface area contributed by atoms with Crippen LogP contribution < -0.4 is 5.73 Å². The van der Waals surface area contributed by atoms with Gasteiger partial charge in [-0.15, -0.1) is 0 Å². The number of H-pyrrole nitrogens is 1. The number of nitrogens with two attached hydrogens (primary N) is 1. The van der Waals surface area contributed by atoms with Gasteiger partial charge in [0.25, 0.3) is 5.91 Å². The SMILES string of the molecule is NCc1cc(C(=O)N2CCN(C3CC(n4cc(-c5ncnc6[nH]ccc56)cn4)C3)CC2)nc(C(F)(F)F)n1. The van der Waals surface area contributed by atoms with Gasteiger partial charge in [0.15, 0.2) is 0 Å². The quantitative estimate of drug-likeness (QED) is 0.404. The van der Waals surface area contributed by atoms with E-state index in [0.717, 1.165) is 35.1 Å². The Hall–Kier alpha value is -3.91. The van der Waals surface area contributed by atoms with Crippen LogP contribution in [0.3, 0.4) is 0 Å². The third kappa shape index (κ3) is 4.49. The molecule has 1 aliphatic heterocycles. The molecule has 4 aromatic heterocycles. The highest BCUT2D eigenvalue weighted by atomic mass is 19.4. The first-order chi connectivity index (χ1) is 18.3. The van der Waals surface area contributed by atoms with Crippen LogP contribution in [0.4, 0.5) is 13.2 Å². The van der Waals surface area contributed by atoms with E-state index in [1.54, 1.807) is 4.90 Å². The van der Waals surface area contributed by atoms with E-state index in [2.05, 4.69) is 34.9 Å². The van der Waals surface area contributed by atoms with Crippen LogP contribution in [-0.4, -0.2) is 82.6 Å². The van der Waals surface area contributed by atoms with Gasteiger partial charge < -0.3 is 15.6 Å². The first-order valence-corrected chi connectivity index (χ1v) is 12.3. The molecule has 2 fully saturated rings. The number of carbonyl (C=O) groups is 1. The Morgan fingerprint density at radius 1 is 1.11 bits per heavy atom. The number of alkyl halides is 3. The Morgan fingerprint density at radius 2 is 1.89 bits per heavy atom. The molecule has 0 spiro atoms. The van der Waals surface area contributed by atoms with Gasteiger partial charge in [0.1, 0.15) is 17.7 Å². The minimum atomic E-state index is -4.75. The van der Waals surface area contributed by atoms with Crippen molar-refractivity contribution in [3.05, 3.63) is 54.3 Å². The molecule has 1 amide bonds. The Balaban J connectivity index is 1.05. The summed E-state index contributed by atoms with van der Waals surface area (Å²) >= 11 is 0. The van der Waals surface area contributed by atoms with E-state index in [9.17, 15) is 18.0 Å². The van der Waals surface area contributed by atoms with E-state index in [1.165, 1.54) is 12.4 Å². The summed E-state index contributed by atoms with van der Waals surface area (Å²) in [5.41, 5.74) is 7.74. The molecular weight excluding hydrogens is 501 g/mol. The van der Waals surface area contributed by atoms with Gasteiger partial charge in [-0.3, -0.25) is 14.4 Å². The highest BCUT2D eigenvalue weighted by Gasteiger charge is 2.39. The maximum absolute atomic E-state index is 13.2. The molecule has 4 aromatic rings. The number of fused-ring (bicyclic) bond motifs is 1. The number of piperazine rings is 1. The van der Waals surface area contributed by atoms with Gasteiger partial charge >= 0.3 is 6.18 Å². The van der Waals surface area contributed by atoms with Crippen molar-refractivity contribution in [3.63, 3.8) is 0 Å². The largest absolute Gasteiger partial charge is 0.451 e. The second-order valence-corrected chi connectivity index (χ2v) is 9.55. The van der Waals surface area contributed by atoms with E-state index >= 15 is 0 Å². The fourth-order valence-electron chi connectivity index (χ4n) is 5.13. The molecule has 0 aromatic carbocycles. The van der Waals surface area contributed by atoms with Gasteiger partial charge in [0.05, 0.1) is 23.6 Å². The van der Waals surface area contributed by atoms with Crippen LogP contribution in [-0.2, 0) is 12.7 Å². The fourth-order valence-corrected chi connectivity index (χ4v) is 5.13. The van der Waals surface area contributed by atoms with E-state index in [4.69, 9.17) is 5.73 Å². The first-order valence-electron chi connectivity index (χ1n) is 12.3. The molecule has 14 heteroatoms. The number of aromatic amines is 1. The van der Waals surface area contributed by atoms with Crippen LogP contribution in [0.2, 0.25) is 0 Å². The summed E-state index contributed by atoms with van der Waals surface area (Å²) in [6.45, 7) is 1.89. The Morgan fingerprint density at radius 3 is 2.63 bits per heavy atom. The van der Waals surface area contributed by atoms with Crippen LogP contribution in [0.15, 0.2) is 37.1 Å². The van der Waals surface area contributed by atoms with Crippen molar-refractivity contribution >= 4 is 16.9 Å². The van der Waals surface area contributed by atoms with E-state index in [1.807, 2.05) is 29.3 Å². The molecule has 1 aliphatic carbocycles. The Kier molecular flexibility index (Phi) is 6.07. The molecule has 0 atom stereocenters. The molecule has 5 heterocycles. The molecule has 0 unspecified atom stereocenters. The number of aromatic nitrogens is 7. The third-order valence-electron chi connectivity index (χ3n) is 7.27. The first kappa shape index (κ1) is 24.4. The Bertz CT molecular complexity index is 1470. The fraction of sp³-hybridized carbons (Fsp3) is 0.417. The van der Waals surface area contributed by atoms with Crippen molar-refractivity contribution in [2.75, 3.05) is 26.2 Å². The van der Waals surface area contributed by atoms with Crippen LogP contribution in [0.25, 0.3) is 22.3 Å². The number of amides is 1. The zero-order valence-corrected chi connectivity index (χ0v) is 20.3. The lowest BCUT2D eigenvalue weighted by Crippen LogP contribution is -2.55. The number of carbonyl (C=O) groups excluding carboxylic acids is 1. The van der Waals surface area contributed by atoms with E-state index < -0.39 is 17.9 Å². The second-order valence-electron chi connectivity index (χ2n) is 9.55. The molecule has 2 aliphatic rings. The summed E-state index contributed by atoms with van der Waals surface area (Å²) in [4.78, 5) is 35.4. The van der Waals surface area contributed by atoms with Gasteiger partial charge in [-0.1, -0.05) is 0 Å². The number of halogens is 3. The molecule has 11 nitrogen and oxygen atoms in total. The lowest BCUT2D eigenvalue weighted by Gasteiger charge is -2.46. The number of hydrogen-bond donors (Lipinski definition) is 2. The number of rotatable bonds is 5. The van der Waals surface area contributed by atoms with Crippen molar-refractivity contribution in [2.24, 2.45) is 5.73 Å². The molecule has 1 saturated heterocycles. The number of nitrogens with one attached hydrogen (secondary N) is 1. The molecule has 0 radical (unpaired) electrons. The minimum absolute atomic E-state index is 0.0196. The third-order valence-corrected chi connectivity index (χ3v) is 7.27. The normalized spacial score (nSPS) is 20.6. The molecule has 38 heavy (non-hydrogen) atoms. The van der Waals surface area contributed by atoms with Crippen LogP contribution >= 0.6 is 0 Å². The monoisotopic (exact) mass is 526 g/mol. The average Bonchev–Trinajstić information content (AvgIpc) is 3.57. The van der Waals surface area contributed by atoms with Crippen molar-refractivity contribution in [2.45, 2.75) is 37.6 Å². The summed E-state index contributed by atoms with van der Waals surface area (Å²) in [6.07, 6.45) is 4.31. The summed E-state index contributed by atoms with van der Waals surface area (Å²) in [5.74, 6) is -1.88. The van der Waals surface area contributed by atoms with Gasteiger partial charge in [0, 0.05) is 62.1 Å². The van der Waals surface area contributed by atoms with Crippen molar-refractivity contribution in [1.82, 2.24) is 44.5 Å². The van der Waals surface area contributed by atoms with Crippen LogP contribution in [0.5, 0.6) is 0 Å². The van der Waals surface area contributed by atoms with Gasteiger partial charge in [-0.2, -0.15) is 18.3 Å². The van der Waals surface area contributed by atoms with E-state index in [-0.39, 0.29) is 24.0 Å². The van der Waals surface area contributed by atoms with Gasteiger partial charge in [-0.05, 0) is 25.0 Å². The molecule has 198 valence electrons. The van der Waals surface area contributed by atoms with Crippen molar-refractivity contribution in [1.29, 1.82) is 0 Å². The summed E-state index contributed by atoms with van der Waals surface area (Å²) < 4.78 is 41.4. The molecule has 1 saturated carbocycles. The second kappa shape index (κ2) is 9.44. The standard InChI is InChI=1S/C24H25F3N10O/c25-24(26,27)23-33-15(10-28)7-19(34-23)22(38)36-5-3-35(4-6-36)16-8-17(9-16)37-12-14(11-32-37)20-18-1-2-29-21(18)31-13-30-20/h1-2,7,11-13,16-17H,3-6,8-10,28H2,(H,29,30,31). The molecule has 6 rings (SSSR count). The lowest BCUT2D eigenvalue weighted by molar-refractivity contribution is -0.145. The number of hydrogen-bond acceptors (Lipinski definition) is 8. The zero-order chi connectivity index (χ0) is 26.4. The smallest absolute Gasteiger partial charge is 0.346 e. The van der Waals surface area contributed by atoms with Gasteiger partial charge in [0.2, 0.25) is 5.82 Å². The topological polar surface area (TPSA) is 135 Å². The summed E-state index contributed by atoms with van der Waals surface area (Å²) in [5, 5.41) is 5.51. The van der Waals surface area contributed by atoms with E-state index in [0.29, 0.717) is 32.2 Å². The maximum Gasteiger partial charge on any atom is 0.451 e. The lowest BCUT2D eigenvalue weighted by atomic mass is 9.85. The minimum Gasteiger partial charge on any atom is -0.346 e. The van der Waals surface area contributed by atoms with Crippen LogP contribution in [0, 0.1) is 0 Å². The Labute approximate surface area is 214 Å². The highest BCUT2D eigenvalue weighted by molar-refractivity contribution is 5.92. The number of nitrogens with zero attached hydrogens (tertiary/aromatic N) is 8. The van der Waals surface area contributed by atoms with Gasteiger partial charge in [-0.25, -0.2) is 19.9 Å². The summed E-state index contributed by atoms with van der Waals surface area (Å²) in [6, 6.07) is 3.82. The summed E-state index contributed by atoms with van der Waals surface area (Å²) in [7, 11) is 0. The maximum atomic E-state index is 13.2. The molecule has 0 bridgehead atoms. The average molecular weight is 527 g/mol. The van der Waals surface area contributed by atoms with Crippen molar-refractivity contribution in [3.8, 4) is 11.3 Å². The van der Waals surface area contributed by atoms with Crippen LogP contribution in [0.1, 0.15) is 40.9 Å². The molecular formula is C24H25F3N10O. The molecule has 3 N–H and O–H groups in total. The van der Waals surface area contributed by atoms with Crippen molar-refractivity contribution < 1.29 is 18.0 Å². The predicted molar refractivity (Wildman–Crippen MR) is 130 cm³/mol. The zero-order valence-electron chi connectivity index (χ0n) is 20.3.